The Bertz CT molecular complexity index is 976. The lowest BCUT2D eigenvalue weighted by molar-refractivity contribution is 0.0697. The molecule has 0 saturated heterocycles. The molecule has 0 atom stereocenters. The van der Waals surface area contributed by atoms with E-state index in [1.807, 2.05) is 18.2 Å². The number of fused-ring (bicyclic) bond motifs is 1. The van der Waals surface area contributed by atoms with Crippen LogP contribution in [-0.4, -0.2) is 34.3 Å². The number of nitrogens with one attached hydrogen (secondary N) is 2. The van der Waals surface area contributed by atoms with Crippen LogP contribution in [0.25, 0.3) is 0 Å². The molecule has 8 nitrogen and oxygen atoms in total. The molecule has 8 heteroatoms. The Hall–Kier alpha value is -3.81. The zero-order valence-electron chi connectivity index (χ0n) is 14.2. The summed E-state index contributed by atoms with van der Waals surface area (Å²) in [5, 5.41) is 15.3. The molecule has 1 aromatic heterocycles. The van der Waals surface area contributed by atoms with Gasteiger partial charge in [-0.15, -0.1) is 0 Å². The van der Waals surface area contributed by atoms with Crippen molar-refractivity contribution in [1.82, 2.24) is 9.97 Å². The minimum atomic E-state index is -0.963. The van der Waals surface area contributed by atoms with Crippen LogP contribution in [0, 0.1) is 0 Å². The Balaban J connectivity index is 1.48. The molecule has 4 rings (SSSR count). The van der Waals surface area contributed by atoms with Gasteiger partial charge in [-0.1, -0.05) is 0 Å². The van der Waals surface area contributed by atoms with Gasteiger partial charge in [0.15, 0.2) is 11.5 Å². The molecule has 0 radical (unpaired) electrons. The SMILES string of the molecule is O=C(O)c1ccc(Nc2cc(Nc3ccc4c(c3)OCCO4)ncn2)cc1. The standard InChI is InChI=1S/C19H16N4O4/c24-19(25)12-1-3-13(4-2-12)22-17-10-18(21-11-20-17)23-14-5-6-15-16(9-14)27-8-7-26-15/h1-6,9-11H,7-8H2,(H,24,25)(H2,20,21,22,23). The molecule has 0 bridgehead atoms. The molecule has 0 unspecified atom stereocenters. The van der Waals surface area contributed by atoms with Crippen molar-refractivity contribution in [2.24, 2.45) is 0 Å². The highest BCUT2D eigenvalue weighted by atomic mass is 16.6. The van der Waals surface area contributed by atoms with E-state index in [9.17, 15) is 4.79 Å². The summed E-state index contributed by atoms with van der Waals surface area (Å²) in [7, 11) is 0. The molecule has 0 fully saturated rings. The second kappa shape index (κ2) is 7.20. The summed E-state index contributed by atoms with van der Waals surface area (Å²) in [6.45, 7) is 1.08. The lowest BCUT2D eigenvalue weighted by Crippen LogP contribution is -2.15. The van der Waals surface area contributed by atoms with Crippen molar-refractivity contribution in [3.05, 3.63) is 60.4 Å². The van der Waals surface area contributed by atoms with E-state index in [4.69, 9.17) is 14.6 Å². The van der Waals surface area contributed by atoms with Crippen molar-refractivity contribution in [2.45, 2.75) is 0 Å². The minimum absolute atomic E-state index is 0.226. The lowest BCUT2D eigenvalue weighted by Gasteiger charge is -2.19. The number of carbonyl (C=O) groups is 1. The maximum atomic E-state index is 10.9. The van der Waals surface area contributed by atoms with Gasteiger partial charge in [-0.25, -0.2) is 14.8 Å². The van der Waals surface area contributed by atoms with Gasteiger partial charge in [0.25, 0.3) is 0 Å². The number of rotatable bonds is 5. The van der Waals surface area contributed by atoms with Crippen molar-refractivity contribution in [1.29, 1.82) is 0 Å². The number of hydrogen-bond donors (Lipinski definition) is 3. The summed E-state index contributed by atoms with van der Waals surface area (Å²) >= 11 is 0. The van der Waals surface area contributed by atoms with Crippen molar-refractivity contribution in [2.75, 3.05) is 23.8 Å². The summed E-state index contributed by atoms with van der Waals surface area (Å²) in [6, 6.07) is 13.8. The van der Waals surface area contributed by atoms with Gasteiger partial charge < -0.3 is 25.2 Å². The van der Waals surface area contributed by atoms with Crippen LogP contribution >= 0.6 is 0 Å². The van der Waals surface area contributed by atoms with Crippen molar-refractivity contribution in [3.8, 4) is 11.5 Å². The zero-order valence-corrected chi connectivity index (χ0v) is 14.2. The van der Waals surface area contributed by atoms with Crippen LogP contribution < -0.4 is 20.1 Å². The Morgan fingerprint density at radius 3 is 2.19 bits per heavy atom. The fourth-order valence-electron chi connectivity index (χ4n) is 2.61. The Morgan fingerprint density at radius 2 is 1.48 bits per heavy atom. The number of ether oxygens (including phenoxy) is 2. The molecule has 2 aromatic carbocycles. The van der Waals surface area contributed by atoms with Crippen LogP contribution in [0.5, 0.6) is 11.5 Å². The highest BCUT2D eigenvalue weighted by Gasteiger charge is 2.12. The fourth-order valence-corrected chi connectivity index (χ4v) is 2.61. The Morgan fingerprint density at radius 1 is 0.852 bits per heavy atom. The number of aromatic carboxylic acids is 1. The topological polar surface area (TPSA) is 106 Å². The van der Waals surface area contributed by atoms with Gasteiger partial charge in [-0.3, -0.25) is 0 Å². The molecule has 0 amide bonds. The average Bonchev–Trinajstić information content (AvgIpc) is 2.69. The van der Waals surface area contributed by atoms with Crippen molar-refractivity contribution in [3.63, 3.8) is 0 Å². The van der Waals surface area contributed by atoms with Gasteiger partial charge in [0.2, 0.25) is 0 Å². The zero-order chi connectivity index (χ0) is 18.6. The van der Waals surface area contributed by atoms with Gasteiger partial charge in [0, 0.05) is 23.5 Å². The molecule has 0 saturated carbocycles. The van der Waals surface area contributed by atoms with E-state index in [-0.39, 0.29) is 5.56 Å². The Labute approximate surface area is 154 Å². The molecule has 1 aliphatic rings. The van der Waals surface area contributed by atoms with Gasteiger partial charge in [-0.2, -0.15) is 0 Å². The quantitative estimate of drug-likeness (QED) is 0.632. The van der Waals surface area contributed by atoms with E-state index < -0.39 is 5.97 Å². The number of nitrogens with zero attached hydrogens (tertiary/aromatic N) is 2. The molecule has 0 aliphatic carbocycles. The monoisotopic (exact) mass is 364 g/mol. The van der Waals surface area contributed by atoms with Gasteiger partial charge >= 0.3 is 5.97 Å². The van der Waals surface area contributed by atoms with Gasteiger partial charge in [0.1, 0.15) is 31.2 Å². The van der Waals surface area contributed by atoms with Crippen molar-refractivity contribution >= 4 is 29.0 Å². The van der Waals surface area contributed by atoms with E-state index >= 15 is 0 Å². The molecule has 27 heavy (non-hydrogen) atoms. The number of benzene rings is 2. The first kappa shape index (κ1) is 16.6. The molecule has 3 N–H and O–H groups in total. The van der Waals surface area contributed by atoms with E-state index in [2.05, 4.69) is 20.6 Å². The van der Waals surface area contributed by atoms with E-state index in [1.54, 1.807) is 18.2 Å². The number of carboxylic acids is 1. The van der Waals surface area contributed by atoms with Gasteiger partial charge in [-0.05, 0) is 36.4 Å². The van der Waals surface area contributed by atoms with Crippen LogP contribution in [0.3, 0.4) is 0 Å². The second-order valence-electron chi connectivity index (χ2n) is 5.78. The van der Waals surface area contributed by atoms with Crippen molar-refractivity contribution < 1.29 is 19.4 Å². The van der Waals surface area contributed by atoms with E-state index in [1.165, 1.54) is 18.5 Å². The highest BCUT2D eigenvalue weighted by molar-refractivity contribution is 5.88. The first-order chi connectivity index (χ1) is 13.2. The molecular formula is C19H16N4O4. The predicted molar refractivity (Wildman–Crippen MR) is 99.4 cm³/mol. The third kappa shape index (κ3) is 3.90. The van der Waals surface area contributed by atoms with E-state index in [0.717, 1.165) is 17.1 Å². The second-order valence-corrected chi connectivity index (χ2v) is 5.78. The molecule has 3 aromatic rings. The summed E-state index contributed by atoms with van der Waals surface area (Å²) in [6.07, 6.45) is 1.44. The van der Waals surface area contributed by atoms with Crippen LogP contribution in [0.1, 0.15) is 10.4 Å². The summed E-state index contributed by atoms with van der Waals surface area (Å²) in [5.41, 5.74) is 1.77. The highest BCUT2D eigenvalue weighted by Crippen LogP contribution is 2.33. The number of anilines is 4. The maximum Gasteiger partial charge on any atom is 0.335 e. The van der Waals surface area contributed by atoms with Crippen LogP contribution in [0.15, 0.2) is 54.9 Å². The van der Waals surface area contributed by atoms with Crippen LogP contribution in [-0.2, 0) is 0 Å². The largest absolute Gasteiger partial charge is 0.486 e. The van der Waals surface area contributed by atoms with Gasteiger partial charge in [0.05, 0.1) is 5.56 Å². The molecule has 2 heterocycles. The molecule has 0 spiro atoms. The average molecular weight is 364 g/mol. The fraction of sp³-hybridized carbons (Fsp3) is 0.105. The number of aromatic nitrogens is 2. The third-order valence-corrected chi connectivity index (χ3v) is 3.89. The first-order valence-electron chi connectivity index (χ1n) is 8.26. The maximum absolute atomic E-state index is 10.9. The number of carboxylic acid groups (broad SMARTS) is 1. The number of hydrogen-bond acceptors (Lipinski definition) is 7. The van der Waals surface area contributed by atoms with Crippen LogP contribution in [0.4, 0.5) is 23.0 Å². The smallest absolute Gasteiger partial charge is 0.335 e. The third-order valence-electron chi connectivity index (χ3n) is 3.89. The normalized spacial score (nSPS) is 12.3. The lowest BCUT2D eigenvalue weighted by atomic mass is 10.2. The summed E-state index contributed by atoms with van der Waals surface area (Å²) in [5.74, 6) is 1.63. The first-order valence-corrected chi connectivity index (χ1v) is 8.26. The van der Waals surface area contributed by atoms with Crippen LogP contribution in [0.2, 0.25) is 0 Å². The Kier molecular flexibility index (Phi) is 4.44. The summed E-state index contributed by atoms with van der Waals surface area (Å²) < 4.78 is 11.1. The minimum Gasteiger partial charge on any atom is -0.486 e. The van der Waals surface area contributed by atoms with E-state index in [0.29, 0.717) is 30.6 Å². The molecule has 136 valence electrons. The predicted octanol–water partition coefficient (Wildman–Crippen LogP) is 3.43. The summed E-state index contributed by atoms with van der Waals surface area (Å²) in [4.78, 5) is 19.3. The molecule has 1 aliphatic heterocycles. The molecular weight excluding hydrogens is 348 g/mol.